The number of rotatable bonds is 7. The average molecular weight is 463 g/mol. The Balaban J connectivity index is 1.01. The molecule has 0 saturated heterocycles. The summed E-state index contributed by atoms with van der Waals surface area (Å²) in [6, 6.07) is 12.5. The van der Waals surface area contributed by atoms with E-state index in [1.165, 1.54) is 18.4 Å². The SMILES string of the molecule is COc1ccc2nccc(OCC3[C@H]4CC(NCc5ccc6c(c5)NC(=O)CS6)C[C@@H]34)c2n1. The molecular formula is C25H26N4O3S. The van der Waals surface area contributed by atoms with Gasteiger partial charge in [0.05, 0.1) is 30.7 Å². The number of ether oxygens (including phenoxy) is 2. The molecule has 3 aromatic rings. The molecule has 1 aliphatic heterocycles. The number of carbonyl (C=O) groups is 1. The molecule has 2 aliphatic carbocycles. The van der Waals surface area contributed by atoms with E-state index in [1.54, 1.807) is 25.1 Å². The number of hydrogen-bond donors (Lipinski definition) is 2. The topological polar surface area (TPSA) is 85.4 Å². The predicted octanol–water partition coefficient (Wildman–Crippen LogP) is 3.88. The standard InChI is InChI=1S/C25H26N4O3S/c1-31-24-5-3-19-25(29-24)21(6-7-26-19)32-12-18-16-9-15(10-17(16)18)27-11-14-2-4-22-20(8-14)28-23(30)13-33-22/h2-8,15-18,27H,9-13H2,1H3,(H,28,30)/t15?,16-,17+,18?. The fraction of sp³-hybridized carbons (Fsp3) is 0.400. The Morgan fingerprint density at radius 1 is 1.18 bits per heavy atom. The number of fused-ring (bicyclic) bond motifs is 3. The number of pyridine rings is 2. The summed E-state index contributed by atoms with van der Waals surface area (Å²) in [6.07, 6.45) is 4.16. The highest BCUT2D eigenvalue weighted by Crippen LogP contribution is 2.57. The second-order valence-corrected chi connectivity index (χ2v) is 10.1. The van der Waals surface area contributed by atoms with E-state index in [0.29, 0.717) is 23.6 Å². The van der Waals surface area contributed by atoms with Crippen molar-refractivity contribution in [2.75, 3.05) is 24.8 Å². The van der Waals surface area contributed by atoms with Gasteiger partial charge in [-0.2, -0.15) is 0 Å². The van der Waals surface area contributed by atoms with Crippen LogP contribution in [-0.4, -0.2) is 41.4 Å². The van der Waals surface area contributed by atoms with Crippen molar-refractivity contribution in [3.63, 3.8) is 0 Å². The normalized spacial score (nSPS) is 25.3. The Labute approximate surface area is 196 Å². The third-order valence-electron chi connectivity index (χ3n) is 7.06. The molecule has 8 heteroatoms. The highest BCUT2D eigenvalue weighted by molar-refractivity contribution is 8.00. The Hall–Kier alpha value is -2.84. The first kappa shape index (κ1) is 20.7. The number of nitrogens with zero attached hydrogens (tertiary/aromatic N) is 2. The molecule has 2 unspecified atom stereocenters. The third kappa shape index (κ3) is 4.13. The minimum Gasteiger partial charge on any atom is -0.491 e. The molecule has 2 aromatic heterocycles. The zero-order valence-electron chi connectivity index (χ0n) is 18.4. The van der Waals surface area contributed by atoms with Crippen molar-refractivity contribution in [2.45, 2.75) is 30.3 Å². The number of carbonyl (C=O) groups excluding carboxylic acids is 1. The summed E-state index contributed by atoms with van der Waals surface area (Å²) in [7, 11) is 1.61. The first-order valence-corrected chi connectivity index (χ1v) is 12.4. The molecule has 3 aliphatic rings. The Morgan fingerprint density at radius 3 is 2.91 bits per heavy atom. The van der Waals surface area contributed by atoms with Crippen LogP contribution in [0, 0.1) is 17.8 Å². The van der Waals surface area contributed by atoms with Crippen molar-refractivity contribution in [3.05, 3.63) is 48.2 Å². The molecule has 3 heterocycles. The fourth-order valence-corrected chi connectivity index (χ4v) is 6.08. The number of aromatic nitrogens is 2. The minimum absolute atomic E-state index is 0.0800. The van der Waals surface area contributed by atoms with Crippen LogP contribution in [0.25, 0.3) is 11.0 Å². The average Bonchev–Trinajstić information content (AvgIpc) is 3.29. The van der Waals surface area contributed by atoms with Crippen molar-refractivity contribution in [1.29, 1.82) is 0 Å². The smallest absolute Gasteiger partial charge is 0.234 e. The second-order valence-electron chi connectivity index (χ2n) is 9.05. The molecule has 33 heavy (non-hydrogen) atoms. The van der Waals surface area contributed by atoms with Crippen LogP contribution in [0.4, 0.5) is 5.69 Å². The van der Waals surface area contributed by atoms with E-state index in [0.717, 1.165) is 52.4 Å². The van der Waals surface area contributed by atoms with Gasteiger partial charge in [0.25, 0.3) is 0 Å². The summed E-state index contributed by atoms with van der Waals surface area (Å²) in [5, 5.41) is 6.69. The van der Waals surface area contributed by atoms with Crippen molar-refractivity contribution in [3.8, 4) is 11.6 Å². The van der Waals surface area contributed by atoms with Crippen molar-refractivity contribution in [1.82, 2.24) is 15.3 Å². The highest BCUT2D eigenvalue weighted by Gasteiger charge is 2.56. The molecule has 1 aromatic carbocycles. The van der Waals surface area contributed by atoms with Gasteiger partial charge in [-0.25, -0.2) is 4.98 Å². The Morgan fingerprint density at radius 2 is 2.06 bits per heavy atom. The summed E-state index contributed by atoms with van der Waals surface area (Å²) in [6.45, 7) is 1.55. The third-order valence-corrected chi connectivity index (χ3v) is 8.13. The number of anilines is 1. The second kappa shape index (κ2) is 8.50. The zero-order valence-corrected chi connectivity index (χ0v) is 19.2. The van der Waals surface area contributed by atoms with Gasteiger partial charge in [0, 0.05) is 35.8 Å². The quantitative estimate of drug-likeness (QED) is 0.551. The van der Waals surface area contributed by atoms with Gasteiger partial charge in [0.1, 0.15) is 11.3 Å². The molecule has 0 spiro atoms. The molecule has 170 valence electrons. The van der Waals surface area contributed by atoms with Crippen LogP contribution in [0.5, 0.6) is 11.6 Å². The number of methoxy groups -OCH3 is 1. The van der Waals surface area contributed by atoms with Crippen molar-refractivity contribution >= 4 is 34.4 Å². The summed E-state index contributed by atoms with van der Waals surface area (Å²) >= 11 is 1.60. The Kier molecular flexibility index (Phi) is 5.34. The van der Waals surface area contributed by atoms with Gasteiger partial charge < -0.3 is 20.1 Å². The summed E-state index contributed by atoms with van der Waals surface area (Å²) in [5.74, 6) is 4.01. The maximum atomic E-state index is 11.6. The van der Waals surface area contributed by atoms with Crippen LogP contribution in [0.1, 0.15) is 18.4 Å². The monoisotopic (exact) mass is 462 g/mol. The van der Waals surface area contributed by atoms with Crippen LogP contribution in [0.3, 0.4) is 0 Å². The van der Waals surface area contributed by atoms with Gasteiger partial charge in [-0.1, -0.05) is 6.07 Å². The van der Waals surface area contributed by atoms with Gasteiger partial charge in [-0.3, -0.25) is 9.78 Å². The fourth-order valence-electron chi connectivity index (χ4n) is 5.29. The van der Waals surface area contributed by atoms with E-state index in [9.17, 15) is 4.79 Å². The van der Waals surface area contributed by atoms with Crippen LogP contribution < -0.4 is 20.1 Å². The van der Waals surface area contributed by atoms with Crippen molar-refractivity contribution < 1.29 is 14.3 Å². The zero-order chi connectivity index (χ0) is 22.4. The Bertz CT molecular complexity index is 1210. The molecule has 2 fully saturated rings. The predicted molar refractivity (Wildman–Crippen MR) is 128 cm³/mol. The highest BCUT2D eigenvalue weighted by atomic mass is 32.2. The summed E-state index contributed by atoms with van der Waals surface area (Å²) in [5.41, 5.74) is 3.72. The summed E-state index contributed by atoms with van der Waals surface area (Å²) < 4.78 is 11.4. The molecule has 6 rings (SSSR count). The van der Waals surface area contributed by atoms with Gasteiger partial charge in [0.15, 0.2) is 0 Å². The van der Waals surface area contributed by atoms with Gasteiger partial charge >= 0.3 is 0 Å². The summed E-state index contributed by atoms with van der Waals surface area (Å²) in [4.78, 5) is 21.7. The molecule has 0 bridgehead atoms. The molecular weight excluding hydrogens is 436 g/mol. The molecule has 0 radical (unpaired) electrons. The number of hydrogen-bond acceptors (Lipinski definition) is 7. The lowest BCUT2D eigenvalue weighted by Crippen LogP contribution is -2.28. The number of amides is 1. The van der Waals surface area contributed by atoms with Gasteiger partial charge in [-0.05, 0) is 54.4 Å². The van der Waals surface area contributed by atoms with Gasteiger partial charge in [0.2, 0.25) is 11.8 Å². The largest absolute Gasteiger partial charge is 0.491 e. The molecule has 2 saturated carbocycles. The molecule has 1 amide bonds. The van der Waals surface area contributed by atoms with Gasteiger partial charge in [-0.15, -0.1) is 11.8 Å². The van der Waals surface area contributed by atoms with Crippen molar-refractivity contribution in [2.24, 2.45) is 17.8 Å². The first-order chi connectivity index (χ1) is 16.2. The van der Waals surface area contributed by atoms with Crippen LogP contribution in [-0.2, 0) is 11.3 Å². The van der Waals surface area contributed by atoms with E-state index < -0.39 is 0 Å². The lowest BCUT2D eigenvalue weighted by atomic mass is 10.1. The van der Waals surface area contributed by atoms with E-state index in [2.05, 4.69) is 38.8 Å². The minimum atomic E-state index is 0.0800. The lowest BCUT2D eigenvalue weighted by Gasteiger charge is -2.19. The first-order valence-electron chi connectivity index (χ1n) is 11.4. The van der Waals surface area contributed by atoms with E-state index in [4.69, 9.17) is 9.47 Å². The molecule has 4 atom stereocenters. The van der Waals surface area contributed by atoms with E-state index >= 15 is 0 Å². The molecule has 7 nitrogen and oxygen atoms in total. The number of benzene rings is 1. The van der Waals surface area contributed by atoms with E-state index in [-0.39, 0.29) is 5.91 Å². The number of nitrogens with one attached hydrogen (secondary N) is 2. The van der Waals surface area contributed by atoms with Crippen LogP contribution in [0.2, 0.25) is 0 Å². The van der Waals surface area contributed by atoms with E-state index in [1.807, 2.05) is 18.2 Å². The number of thioether (sulfide) groups is 1. The van der Waals surface area contributed by atoms with Crippen LogP contribution >= 0.6 is 11.8 Å². The molecule has 2 N–H and O–H groups in total. The van der Waals surface area contributed by atoms with Crippen LogP contribution in [0.15, 0.2) is 47.5 Å². The maximum absolute atomic E-state index is 11.6. The lowest BCUT2D eigenvalue weighted by molar-refractivity contribution is -0.113. The maximum Gasteiger partial charge on any atom is 0.234 e.